The average Bonchev–Trinajstić information content (AvgIpc) is 3.62. The molecule has 0 fully saturated rings. The van der Waals surface area contributed by atoms with Gasteiger partial charge < -0.3 is 20.5 Å². The van der Waals surface area contributed by atoms with E-state index < -0.39 is 23.8 Å². The number of anilines is 1. The minimum absolute atomic E-state index is 0.0805. The van der Waals surface area contributed by atoms with E-state index in [0.717, 1.165) is 4.90 Å². The van der Waals surface area contributed by atoms with Gasteiger partial charge in [0, 0.05) is 41.1 Å². The number of aromatic nitrogens is 2. The zero-order chi connectivity index (χ0) is 27.4. The van der Waals surface area contributed by atoms with Gasteiger partial charge in [0.25, 0.3) is 11.8 Å². The molecular weight excluding hydrogens is 501 g/mol. The van der Waals surface area contributed by atoms with Crippen LogP contribution in [0.2, 0.25) is 0 Å². The van der Waals surface area contributed by atoms with Crippen LogP contribution in [-0.4, -0.2) is 39.1 Å². The Balaban J connectivity index is 1.51. The molecule has 0 bridgehead atoms. The van der Waals surface area contributed by atoms with Gasteiger partial charge in [0.2, 0.25) is 5.91 Å². The van der Waals surface area contributed by atoms with Gasteiger partial charge in [-0.2, -0.15) is 0 Å². The Bertz CT molecular complexity index is 1630. The van der Waals surface area contributed by atoms with Crippen molar-refractivity contribution in [2.24, 2.45) is 0 Å². The van der Waals surface area contributed by atoms with Crippen LogP contribution in [0.1, 0.15) is 38.2 Å². The average molecular weight is 526 g/mol. The fourth-order valence-electron chi connectivity index (χ4n) is 4.32. The Labute approximate surface area is 222 Å². The Morgan fingerprint density at radius 2 is 1.90 bits per heavy atom. The van der Waals surface area contributed by atoms with E-state index in [1.54, 1.807) is 48.5 Å². The molecule has 0 aliphatic heterocycles. The molecule has 196 valence electrons. The fraction of sp³-hybridized carbons (Fsp3) is 0.103. The topological polar surface area (TPSA) is 134 Å². The summed E-state index contributed by atoms with van der Waals surface area (Å²) in [5.74, 6) is -2.68. The van der Waals surface area contributed by atoms with Gasteiger partial charge in [0.05, 0.1) is 6.26 Å². The van der Waals surface area contributed by atoms with Gasteiger partial charge in [-0.05, 0) is 66.6 Å². The van der Waals surface area contributed by atoms with E-state index in [0.29, 0.717) is 34.1 Å². The number of amides is 3. The number of H-pyrrole nitrogens is 1. The maximum atomic E-state index is 13.9. The molecule has 3 amide bonds. The van der Waals surface area contributed by atoms with Crippen molar-refractivity contribution in [3.63, 3.8) is 0 Å². The standard InChI is InChI=1S/C29H24FN5O4/c30-21-6-1-4-18(14-21)10-12-33-27(36)26(19-5-2-11-32-17-19)35(29(38)25-7-3-13-39-25)28(37)24-16-20-15-22(31)8-9-23(20)34-24/h1-9,11,13-17,26,34H,10,12,31H2,(H,33,36). The number of hydrogen-bond donors (Lipinski definition) is 3. The summed E-state index contributed by atoms with van der Waals surface area (Å²) in [7, 11) is 0. The van der Waals surface area contributed by atoms with Crippen molar-refractivity contribution in [2.75, 3.05) is 12.3 Å². The summed E-state index contributed by atoms with van der Waals surface area (Å²) in [6, 6.07) is 17.5. The van der Waals surface area contributed by atoms with E-state index in [4.69, 9.17) is 10.2 Å². The van der Waals surface area contributed by atoms with E-state index in [1.165, 1.54) is 42.9 Å². The minimum atomic E-state index is -1.38. The van der Waals surface area contributed by atoms with Gasteiger partial charge in [-0.3, -0.25) is 24.3 Å². The summed E-state index contributed by atoms with van der Waals surface area (Å²) in [4.78, 5) is 49.2. The molecule has 0 spiro atoms. The third-order valence-electron chi connectivity index (χ3n) is 6.15. The first kappa shape index (κ1) is 25.4. The number of carbonyl (C=O) groups excluding carboxylic acids is 3. The van der Waals surface area contributed by atoms with Gasteiger partial charge in [-0.15, -0.1) is 0 Å². The first-order chi connectivity index (χ1) is 18.9. The predicted octanol–water partition coefficient (Wildman–Crippen LogP) is 4.26. The molecule has 5 aromatic rings. The molecular formula is C29H24FN5O4. The lowest BCUT2D eigenvalue weighted by atomic mass is 10.0. The number of pyridine rings is 1. The monoisotopic (exact) mass is 525 g/mol. The highest BCUT2D eigenvalue weighted by atomic mass is 19.1. The molecule has 3 heterocycles. The van der Waals surface area contributed by atoms with Crippen LogP contribution < -0.4 is 11.1 Å². The maximum Gasteiger partial charge on any atom is 0.297 e. The molecule has 9 nitrogen and oxygen atoms in total. The van der Waals surface area contributed by atoms with Crippen LogP contribution in [0.15, 0.2) is 95.9 Å². The van der Waals surface area contributed by atoms with Crippen molar-refractivity contribution in [3.8, 4) is 0 Å². The number of hydrogen-bond acceptors (Lipinski definition) is 6. The van der Waals surface area contributed by atoms with Gasteiger partial charge in [-0.1, -0.05) is 18.2 Å². The number of rotatable bonds is 8. The van der Waals surface area contributed by atoms with Gasteiger partial charge in [0.1, 0.15) is 17.6 Å². The summed E-state index contributed by atoms with van der Waals surface area (Å²) in [6.07, 6.45) is 4.58. The number of furan rings is 1. The Morgan fingerprint density at radius 3 is 2.64 bits per heavy atom. The zero-order valence-corrected chi connectivity index (χ0v) is 20.6. The molecule has 4 N–H and O–H groups in total. The van der Waals surface area contributed by atoms with Crippen molar-refractivity contribution in [2.45, 2.75) is 12.5 Å². The molecule has 2 aromatic carbocycles. The van der Waals surface area contributed by atoms with Crippen LogP contribution in [0, 0.1) is 5.82 Å². The third kappa shape index (κ3) is 5.54. The van der Waals surface area contributed by atoms with Crippen LogP contribution >= 0.6 is 0 Å². The lowest BCUT2D eigenvalue weighted by Gasteiger charge is -2.28. The normalized spacial score (nSPS) is 11.7. The molecule has 39 heavy (non-hydrogen) atoms. The quantitative estimate of drug-likeness (QED) is 0.205. The molecule has 10 heteroatoms. The number of nitrogens with one attached hydrogen (secondary N) is 2. The molecule has 0 aliphatic carbocycles. The van der Waals surface area contributed by atoms with E-state index in [-0.39, 0.29) is 23.8 Å². The van der Waals surface area contributed by atoms with Crippen molar-refractivity contribution in [1.29, 1.82) is 0 Å². The van der Waals surface area contributed by atoms with Crippen LogP contribution in [0.25, 0.3) is 10.9 Å². The predicted molar refractivity (Wildman–Crippen MR) is 142 cm³/mol. The molecule has 0 saturated heterocycles. The number of nitrogens with two attached hydrogens (primary N) is 1. The summed E-state index contributed by atoms with van der Waals surface area (Å²) >= 11 is 0. The van der Waals surface area contributed by atoms with Crippen LogP contribution in [0.4, 0.5) is 10.1 Å². The van der Waals surface area contributed by atoms with E-state index in [1.807, 2.05) is 0 Å². The maximum absolute atomic E-state index is 13.9. The minimum Gasteiger partial charge on any atom is -0.459 e. The second kappa shape index (κ2) is 11.0. The number of benzene rings is 2. The van der Waals surface area contributed by atoms with Crippen molar-refractivity contribution >= 4 is 34.3 Å². The third-order valence-corrected chi connectivity index (χ3v) is 6.15. The van der Waals surface area contributed by atoms with Gasteiger partial charge in [0.15, 0.2) is 5.76 Å². The lowest BCUT2D eigenvalue weighted by Crippen LogP contribution is -2.47. The summed E-state index contributed by atoms with van der Waals surface area (Å²) < 4.78 is 18.9. The van der Waals surface area contributed by atoms with E-state index in [2.05, 4.69) is 15.3 Å². The number of aromatic amines is 1. The largest absolute Gasteiger partial charge is 0.459 e. The first-order valence-corrected chi connectivity index (χ1v) is 12.1. The van der Waals surface area contributed by atoms with Gasteiger partial charge >= 0.3 is 0 Å². The van der Waals surface area contributed by atoms with Crippen LogP contribution in [-0.2, 0) is 11.2 Å². The van der Waals surface area contributed by atoms with Crippen molar-refractivity contribution < 1.29 is 23.2 Å². The zero-order valence-electron chi connectivity index (χ0n) is 20.6. The molecule has 3 aromatic heterocycles. The van der Waals surface area contributed by atoms with Crippen LogP contribution in [0.5, 0.6) is 0 Å². The second-order valence-electron chi connectivity index (χ2n) is 8.85. The molecule has 0 aliphatic rings. The fourth-order valence-corrected chi connectivity index (χ4v) is 4.32. The van der Waals surface area contributed by atoms with E-state index >= 15 is 0 Å². The molecule has 0 saturated carbocycles. The molecule has 0 radical (unpaired) electrons. The summed E-state index contributed by atoms with van der Waals surface area (Å²) in [5.41, 5.74) is 8.11. The molecule has 1 unspecified atom stereocenters. The number of imide groups is 1. The number of carbonyl (C=O) groups is 3. The van der Waals surface area contributed by atoms with Gasteiger partial charge in [-0.25, -0.2) is 4.39 Å². The smallest absolute Gasteiger partial charge is 0.297 e. The first-order valence-electron chi connectivity index (χ1n) is 12.1. The second-order valence-corrected chi connectivity index (χ2v) is 8.85. The SMILES string of the molecule is Nc1ccc2[nH]c(C(=O)N(C(=O)c3ccco3)C(C(=O)NCCc3cccc(F)c3)c3cccnc3)cc2c1. The van der Waals surface area contributed by atoms with Crippen molar-refractivity contribution in [1.82, 2.24) is 20.2 Å². The molecule has 5 rings (SSSR count). The summed E-state index contributed by atoms with van der Waals surface area (Å²) in [6.45, 7) is 0.141. The van der Waals surface area contributed by atoms with E-state index in [9.17, 15) is 18.8 Å². The number of nitrogens with zero attached hydrogens (tertiary/aromatic N) is 2. The summed E-state index contributed by atoms with van der Waals surface area (Å²) in [5, 5.41) is 3.45. The highest BCUT2D eigenvalue weighted by Crippen LogP contribution is 2.27. The number of nitrogen functional groups attached to an aromatic ring is 1. The van der Waals surface area contributed by atoms with Crippen LogP contribution in [0.3, 0.4) is 0 Å². The lowest BCUT2D eigenvalue weighted by molar-refractivity contribution is -0.125. The Kier molecular flexibility index (Phi) is 7.17. The number of halogens is 1. The number of fused-ring (bicyclic) bond motifs is 1. The highest BCUT2D eigenvalue weighted by molar-refractivity contribution is 6.12. The Morgan fingerprint density at radius 1 is 1.03 bits per heavy atom. The highest BCUT2D eigenvalue weighted by Gasteiger charge is 2.39. The Hall–Kier alpha value is -5.25. The van der Waals surface area contributed by atoms with Crippen molar-refractivity contribution in [3.05, 3.63) is 120 Å². The molecule has 1 atom stereocenters.